The predicted octanol–water partition coefficient (Wildman–Crippen LogP) is 3.84. The Morgan fingerprint density at radius 2 is 1.94 bits per heavy atom. The fraction of sp³-hybridized carbons (Fsp3) is 0.240. The van der Waals surface area contributed by atoms with Gasteiger partial charge in [0.1, 0.15) is 16.3 Å². The third-order valence-electron chi connectivity index (χ3n) is 5.90. The summed E-state index contributed by atoms with van der Waals surface area (Å²) in [4.78, 5) is 32.6. The van der Waals surface area contributed by atoms with Gasteiger partial charge in [0.15, 0.2) is 17.3 Å². The molecule has 0 saturated carbocycles. The second kappa shape index (κ2) is 9.08. The number of hydrogen-bond acceptors (Lipinski definition) is 9. The lowest BCUT2D eigenvalue weighted by Gasteiger charge is -2.23. The molecule has 1 aliphatic rings. The highest BCUT2D eigenvalue weighted by molar-refractivity contribution is 7.15. The number of imidazole rings is 1. The van der Waals surface area contributed by atoms with Crippen molar-refractivity contribution in [2.24, 2.45) is 0 Å². The maximum atomic E-state index is 13.4. The lowest BCUT2D eigenvalue weighted by atomic mass is 9.96. The van der Waals surface area contributed by atoms with E-state index in [1.807, 2.05) is 13.0 Å². The first-order valence-corrected chi connectivity index (χ1v) is 12.0. The van der Waals surface area contributed by atoms with Crippen LogP contribution in [0.2, 0.25) is 0 Å². The fourth-order valence-corrected chi connectivity index (χ4v) is 5.10. The van der Waals surface area contributed by atoms with Gasteiger partial charge in [0.05, 0.1) is 31.0 Å². The number of aliphatic hydroxyl groups excluding tert-OH is 1. The number of fused-ring (bicyclic) bond motifs is 1. The summed E-state index contributed by atoms with van der Waals surface area (Å²) in [5, 5.41) is 20.6. The van der Waals surface area contributed by atoms with Crippen LogP contribution in [0, 0.1) is 13.8 Å². The van der Waals surface area contributed by atoms with Crippen molar-refractivity contribution in [1.29, 1.82) is 0 Å². The first-order chi connectivity index (χ1) is 17.3. The van der Waals surface area contributed by atoms with E-state index >= 15 is 0 Å². The minimum Gasteiger partial charge on any atom is -0.505 e. The molecule has 0 bridgehead atoms. The fourth-order valence-electron chi connectivity index (χ4n) is 4.38. The van der Waals surface area contributed by atoms with Crippen molar-refractivity contribution in [3.05, 3.63) is 70.1 Å². The van der Waals surface area contributed by atoms with Crippen LogP contribution in [0.1, 0.15) is 34.9 Å². The van der Waals surface area contributed by atoms with Crippen LogP contribution in [0.5, 0.6) is 11.5 Å². The van der Waals surface area contributed by atoms with E-state index in [9.17, 15) is 14.7 Å². The smallest absolute Gasteiger partial charge is 0.301 e. The summed E-state index contributed by atoms with van der Waals surface area (Å²) in [6, 6.07) is 9.58. The van der Waals surface area contributed by atoms with Crippen molar-refractivity contribution in [2.45, 2.75) is 26.8 Å². The van der Waals surface area contributed by atoms with E-state index in [0.717, 1.165) is 0 Å². The highest BCUT2D eigenvalue weighted by Crippen LogP contribution is 2.45. The first kappa shape index (κ1) is 23.5. The standard InChI is InChI=1S/C25H23N5O5S/c1-5-35-16-10-9-15(12-17(16)34-4)21-19(23(32)24(33)30(21)25-28-27-14(3)36-25)22(31)20-13(2)26-18-8-6-7-11-29(18)20/h6-12,21,31H,5H2,1-4H3. The van der Waals surface area contributed by atoms with Crippen LogP contribution < -0.4 is 14.4 Å². The van der Waals surface area contributed by atoms with E-state index < -0.39 is 17.7 Å². The van der Waals surface area contributed by atoms with Gasteiger partial charge in [0, 0.05) is 6.20 Å². The number of ketones is 1. The van der Waals surface area contributed by atoms with Gasteiger partial charge < -0.3 is 14.6 Å². The van der Waals surface area contributed by atoms with E-state index in [-0.39, 0.29) is 16.5 Å². The lowest BCUT2D eigenvalue weighted by Crippen LogP contribution is -2.29. The predicted molar refractivity (Wildman–Crippen MR) is 134 cm³/mol. The highest BCUT2D eigenvalue weighted by atomic mass is 32.1. The summed E-state index contributed by atoms with van der Waals surface area (Å²) in [6.45, 7) is 5.79. The number of ether oxygens (including phenoxy) is 2. The van der Waals surface area contributed by atoms with E-state index in [2.05, 4.69) is 15.2 Å². The van der Waals surface area contributed by atoms with Crippen LogP contribution in [-0.4, -0.2) is 50.1 Å². The summed E-state index contributed by atoms with van der Waals surface area (Å²) in [6.07, 6.45) is 1.74. The van der Waals surface area contributed by atoms with Crippen molar-refractivity contribution in [2.75, 3.05) is 18.6 Å². The largest absolute Gasteiger partial charge is 0.505 e. The second-order valence-electron chi connectivity index (χ2n) is 8.09. The summed E-state index contributed by atoms with van der Waals surface area (Å²) >= 11 is 1.18. The zero-order chi connectivity index (χ0) is 25.6. The van der Waals surface area contributed by atoms with Crippen LogP contribution in [-0.2, 0) is 9.59 Å². The number of methoxy groups -OCH3 is 1. The van der Waals surface area contributed by atoms with Gasteiger partial charge in [-0.3, -0.25) is 18.9 Å². The Bertz CT molecular complexity index is 1540. The normalized spacial score (nSPS) is 17.2. The number of pyridine rings is 1. The first-order valence-electron chi connectivity index (χ1n) is 11.2. The average molecular weight is 506 g/mol. The maximum Gasteiger partial charge on any atom is 0.301 e. The molecule has 1 fully saturated rings. The molecular formula is C25H23N5O5S. The monoisotopic (exact) mass is 505 g/mol. The SMILES string of the molecule is CCOc1ccc(C2C(=C(O)c3c(C)nc4ccccn34)C(=O)C(=O)N2c2nnc(C)s2)cc1OC. The Morgan fingerprint density at radius 1 is 1.14 bits per heavy atom. The van der Waals surface area contributed by atoms with Crippen LogP contribution in [0.25, 0.3) is 11.4 Å². The number of aryl methyl sites for hydroxylation is 2. The minimum absolute atomic E-state index is 0.0761. The van der Waals surface area contributed by atoms with Gasteiger partial charge in [-0.2, -0.15) is 0 Å². The Balaban J connectivity index is 1.77. The van der Waals surface area contributed by atoms with E-state index in [4.69, 9.17) is 9.47 Å². The van der Waals surface area contributed by atoms with E-state index in [1.165, 1.54) is 23.3 Å². The van der Waals surface area contributed by atoms with Crippen LogP contribution >= 0.6 is 11.3 Å². The van der Waals surface area contributed by atoms with Crippen molar-refractivity contribution < 1.29 is 24.2 Å². The molecule has 4 heterocycles. The number of aromatic nitrogens is 4. The Labute approximate surface area is 210 Å². The van der Waals surface area contributed by atoms with Gasteiger partial charge in [-0.05, 0) is 50.6 Å². The number of amides is 1. The summed E-state index contributed by atoms with van der Waals surface area (Å²) in [7, 11) is 1.51. The van der Waals surface area contributed by atoms with Gasteiger partial charge in [-0.15, -0.1) is 10.2 Å². The number of rotatable bonds is 6. The quantitative estimate of drug-likeness (QED) is 0.239. The number of aliphatic hydroxyl groups is 1. The molecule has 1 N–H and O–H groups in total. The number of Topliss-reactive ketones (excluding diaryl/α,β-unsaturated/α-hetero) is 1. The van der Waals surface area contributed by atoms with E-state index in [0.29, 0.717) is 45.7 Å². The third kappa shape index (κ3) is 3.68. The molecule has 1 aromatic carbocycles. The molecule has 0 spiro atoms. The molecule has 0 aliphatic carbocycles. The summed E-state index contributed by atoms with van der Waals surface area (Å²) in [5.41, 5.74) is 1.91. The molecule has 1 saturated heterocycles. The van der Waals surface area contributed by atoms with Crippen LogP contribution in [0.4, 0.5) is 5.13 Å². The molecule has 36 heavy (non-hydrogen) atoms. The molecule has 0 radical (unpaired) electrons. The maximum absolute atomic E-state index is 13.4. The highest BCUT2D eigenvalue weighted by Gasteiger charge is 2.49. The zero-order valence-electron chi connectivity index (χ0n) is 20.1. The molecule has 4 aromatic rings. The molecule has 1 atom stereocenters. The number of hydrogen-bond donors (Lipinski definition) is 1. The van der Waals surface area contributed by atoms with Crippen molar-refractivity contribution in [3.8, 4) is 11.5 Å². The van der Waals surface area contributed by atoms with Crippen LogP contribution in [0.3, 0.4) is 0 Å². The molecule has 3 aromatic heterocycles. The lowest BCUT2D eigenvalue weighted by molar-refractivity contribution is -0.132. The Morgan fingerprint density at radius 3 is 2.64 bits per heavy atom. The van der Waals surface area contributed by atoms with Gasteiger partial charge in [-0.1, -0.05) is 23.5 Å². The zero-order valence-corrected chi connectivity index (χ0v) is 20.9. The number of benzene rings is 1. The minimum atomic E-state index is -0.976. The van der Waals surface area contributed by atoms with Gasteiger partial charge in [0.25, 0.3) is 5.78 Å². The second-order valence-corrected chi connectivity index (χ2v) is 9.25. The molecule has 10 nitrogen and oxygen atoms in total. The summed E-state index contributed by atoms with van der Waals surface area (Å²) < 4.78 is 12.8. The van der Waals surface area contributed by atoms with Gasteiger partial charge >= 0.3 is 5.91 Å². The van der Waals surface area contributed by atoms with Gasteiger partial charge in [-0.25, -0.2) is 4.98 Å². The van der Waals surface area contributed by atoms with Crippen molar-refractivity contribution in [3.63, 3.8) is 0 Å². The van der Waals surface area contributed by atoms with E-state index in [1.54, 1.807) is 54.8 Å². The number of carbonyl (C=O) groups is 2. The molecule has 5 rings (SSSR count). The third-order valence-corrected chi connectivity index (χ3v) is 6.74. The number of nitrogens with zero attached hydrogens (tertiary/aromatic N) is 5. The van der Waals surface area contributed by atoms with Gasteiger partial charge in [0.2, 0.25) is 5.13 Å². The topological polar surface area (TPSA) is 119 Å². The molecule has 1 amide bonds. The summed E-state index contributed by atoms with van der Waals surface area (Å²) in [5.74, 6) is -1.02. The molecule has 11 heteroatoms. The molecule has 1 aliphatic heterocycles. The number of carbonyl (C=O) groups excluding carboxylic acids is 2. The van der Waals surface area contributed by atoms with Crippen molar-refractivity contribution in [1.82, 2.24) is 19.6 Å². The molecule has 184 valence electrons. The molecule has 1 unspecified atom stereocenters. The molecular weight excluding hydrogens is 482 g/mol. The van der Waals surface area contributed by atoms with Crippen LogP contribution in [0.15, 0.2) is 48.2 Å². The Hall–Kier alpha value is -4.25. The number of anilines is 1. The Kier molecular flexibility index (Phi) is 5.92. The average Bonchev–Trinajstić information content (AvgIpc) is 3.52. The van der Waals surface area contributed by atoms with Crippen molar-refractivity contribution >= 4 is 39.6 Å².